The van der Waals surface area contributed by atoms with Crippen LogP contribution in [-0.4, -0.2) is 37.5 Å². The van der Waals surface area contributed by atoms with Gasteiger partial charge in [0, 0.05) is 36.3 Å². The first-order valence-electron chi connectivity index (χ1n) is 9.72. The van der Waals surface area contributed by atoms with Crippen LogP contribution in [0.3, 0.4) is 0 Å². The third-order valence-corrected chi connectivity index (χ3v) is 5.13. The minimum atomic E-state index is -0.492. The Morgan fingerprint density at radius 1 is 1.27 bits per heavy atom. The Bertz CT molecular complexity index is 943. The van der Waals surface area contributed by atoms with Crippen molar-refractivity contribution in [3.63, 3.8) is 0 Å². The number of halogens is 1. The van der Waals surface area contributed by atoms with Gasteiger partial charge in [-0.15, -0.1) is 0 Å². The second-order valence-electron chi connectivity index (χ2n) is 6.86. The van der Waals surface area contributed by atoms with Gasteiger partial charge in [-0.05, 0) is 55.8 Å². The summed E-state index contributed by atoms with van der Waals surface area (Å²) in [5, 5.41) is 6.61. The molecule has 0 amide bonds. The van der Waals surface area contributed by atoms with Gasteiger partial charge in [-0.3, -0.25) is 4.99 Å². The zero-order chi connectivity index (χ0) is 21.3. The number of ether oxygens (including phenoxy) is 1. The van der Waals surface area contributed by atoms with Gasteiger partial charge >= 0.3 is 0 Å². The smallest absolute Gasteiger partial charge is 0.195 e. The van der Waals surface area contributed by atoms with Crippen LogP contribution in [0.1, 0.15) is 28.7 Å². The lowest BCUT2D eigenvalue weighted by atomic mass is 10.1. The lowest BCUT2D eigenvalue weighted by molar-refractivity contribution is 0.390. The van der Waals surface area contributed by atoms with Gasteiger partial charge in [-0.1, -0.05) is 24.3 Å². The Hall–Kier alpha value is -2.87. The maximum absolute atomic E-state index is 12.7. The van der Waals surface area contributed by atoms with Crippen LogP contribution in [-0.2, 0) is 6.67 Å². The van der Waals surface area contributed by atoms with Crippen LogP contribution in [0.25, 0.3) is 0 Å². The van der Waals surface area contributed by atoms with Crippen LogP contribution in [0.2, 0.25) is 0 Å². The molecule has 2 aromatic carbocycles. The quantitative estimate of drug-likeness (QED) is 0.222. The molecule has 1 aliphatic heterocycles. The van der Waals surface area contributed by atoms with Gasteiger partial charge in [0.05, 0.1) is 0 Å². The molecule has 0 saturated heterocycles. The molecule has 158 valence electrons. The number of benzene rings is 2. The highest BCUT2D eigenvalue weighted by molar-refractivity contribution is 7.98. The van der Waals surface area contributed by atoms with Crippen molar-refractivity contribution in [3.8, 4) is 5.75 Å². The number of aliphatic imine (C=N–C) groups is 2. The van der Waals surface area contributed by atoms with Crippen LogP contribution < -0.4 is 15.4 Å². The Morgan fingerprint density at radius 3 is 2.73 bits per heavy atom. The molecule has 3 rings (SSSR count). The summed E-state index contributed by atoms with van der Waals surface area (Å²) in [7, 11) is 0. The van der Waals surface area contributed by atoms with Crippen LogP contribution in [0, 0.1) is 13.8 Å². The summed E-state index contributed by atoms with van der Waals surface area (Å²) in [6.45, 7) is 8.89. The average molecular weight is 428 g/mol. The fourth-order valence-electron chi connectivity index (χ4n) is 2.92. The number of amidine groups is 1. The first-order valence-corrected chi connectivity index (χ1v) is 10.7. The summed E-state index contributed by atoms with van der Waals surface area (Å²) in [5.41, 5.74) is 4.51. The van der Waals surface area contributed by atoms with E-state index in [0.29, 0.717) is 17.3 Å². The fraction of sp³-hybridized carbons (Fsp3) is 0.318. The first kappa shape index (κ1) is 21.8. The highest BCUT2D eigenvalue weighted by Crippen LogP contribution is 2.27. The third kappa shape index (κ3) is 5.82. The van der Waals surface area contributed by atoms with Gasteiger partial charge < -0.3 is 15.4 Å². The molecular weight excluding hydrogens is 401 g/mol. The molecule has 0 aromatic heterocycles. The normalized spacial score (nSPS) is 14.0. The Balaban J connectivity index is 1.59. The molecule has 6 nitrogen and oxygen atoms in total. The summed E-state index contributed by atoms with van der Waals surface area (Å²) in [5.74, 6) is 2.44. The predicted octanol–water partition coefficient (Wildman–Crippen LogP) is 4.67. The summed E-state index contributed by atoms with van der Waals surface area (Å²) >= 11 is 1.25. The molecular formula is C22H26FN5OS. The molecule has 2 N–H and O–H groups in total. The van der Waals surface area contributed by atoms with Crippen molar-refractivity contribution >= 4 is 36.1 Å². The number of rotatable bonds is 7. The summed E-state index contributed by atoms with van der Waals surface area (Å²) in [6.07, 6.45) is 1.06. The topological polar surface area (TPSA) is 70.4 Å². The predicted molar refractivity (Wildman–Crippen MR) is 125 cm³/mol. The van der Waals surface area contributed by atoms with Crippen molar-refractivity contribution in [2.45, 2.75) is 26.9 Å². The molecule has 2 aromatic rings. The van der Waals surface area contributed by atoms with Crippen LogP contribution in [0.15, 0.2) is 50.8 Å². The zero-order valence-electron chi connectivity index (χ0n) is 17.2. The Kier molecular flexibility index (Phi) is 7.84. The fourth-order valence-corrected chi connectivity index (χ4v) is 3.43. The number of anilines is 1. The maximum atomic E-state index is 12.7. The first-order chi connectivity index (χ1) is 14.6. The van der Waals surface area contributed by atoms with E-state index in [1.807, 2.05) is 19.9 Å². The molecule has 0 atom stereocenters. The molecule has 0 spiro atoms. The number of hydrogen-bond donors (Lipinski definition) is 2. The molecule has 30 heavy (non-hydrogen) atoms. The van der Waals surface area contributed by atoms with E-state index in [9.17, 15) is 4.39 Å². The molecule has 0 bridgehead atoms. The Labute approximate surface area is 180 Å². The highest BCUT2D eigenvalue weighted by atomic mass is 32.2. The van der Waals surface area contributed by atoms with Gasteiger partial charge in [-0.2, -0.15) is 4.40 Å². The second kappa shape index (κ2) is 10.8. The molecule has 0 fully saturated rings. The number of nitrogens with zero attached hydrogens (tertiary/aromatic N) is 3. The van der Waals surface area contributed by atoms with E-state index < -0.39 is 6.67 Å². The third-order valence-electron chi connectivity index (χ3n) is 4.61. The van der Waals surface area contributed by atoms with E-state index in [1.165, 1.54) is 11.9 Å². The molecule has 1 heterocycles. The van der Waals surface area contributed by atoms with Gasteiger partial charge in [0.2, 0.25) is 0 Å². The van der Waals surface area contributed by atoms with E-state index in [2.05, 4.69) is 37.8 Å². The number of nitrogens with one attached hydrogen (secondary N) is 2. The summed E-state index contributed by atoms with van der Waals surface area (Å²) < 4.78 is 22.9. The zero-order valence-corrected chi connectivity index (χ0v) is 18.1. The lowest BCUT2D eigenvalue weighted by Gasteiger charge is -2.18. The number of guanidine groups is 1. The van der Waals surface area contributed by atoms with Gasteiger partial charge in [0.25, 0.3) is 0 Å². The van der Waals surface area contributed by atoms with E-state index >= 15 is 0 Å². The molecule has 0 unspecified atom stereocenters. The molecule has 1 aliphatic rings. The Morgan fingerprint density at radius 2 is 2.07 bits per heavy atom. The van der Waals surface area contributed by atoms with E-state index in [-0.39, 0.29) is 0 Å². The minimum absolute atomic E-state index is 0.336. The van der Waals surface area contributed by atoms with Crippen molar-refractivity contribution in [1.82, 2.24) is 5.32 Å². The van der Waals surface area contributed by atoms with Crippen LogP contribution >= 0.6 is 11.9 Å². The van der Waals surface area contributed by atoms with Crippen molar-refractivity contribution in [2.24, 2.45) is 14.4 Å². The van der Waals surface area contributed by atoms with E-state index in [1.54, 1.807) is 24.3 Å². The standard InChI is InChI=1S/C22H26FN5OS/c1-15-12-20(16(2)11-19(15)27-22-25-9-4-10-26-22)29-14-30-28-21(24-3)18-7-5-17(13-23)6-8-18/h5-8,11-12H,3-4,9-10,13-14H2,1-2H3,(H2,25,26,27)/b28-21-. The summed E-state index contributed by atoms with van der Waals surface area (Å²) in [6, 6.07) is 11.1. The summed E-state index contributed by atoms with van der Waals surface area (Å²) in [4.78, 5) is 8.41. The monoisotopic (exact) mass is 427 g/mol. The van der Waals surface area contributed by atoms with Crippen LogP contribution in [0.4, 0.5) is 10.1 Å². The molecule has 0 aliphatic carbocycles. The molecule has 8 heteroatoms. The van der Waals surface area contributed by atoms with Crippen molar-refractivity contribution < 1.29 is 9.13 Å². The SMILES string of the molecule is C=N/C(=N\SCOc1cc(C)c(NC2=NCCCN2)cc1C)c1ccc(CF)cc1. The van der Waals surface area contributed by atoms with Crippen molar-refractivity contribution in [3.05, 3.63) is 58.7 Å². The maximum Gasteiger partial charge on any atom is 0.195 e. The number of hydrogen-bond acceptors (Lipinski definition) is 6. The van der Waals surface area contributed by atoms with Gasteiger partial charge in [-0.25, -0.2) is 9.38 Å². The number of aryl methyl sites for hydroxylation is 2. The van der Waals surface area contributed by atoms with Gasteiger partial charge in [0.1, 0.15) is 12.4 Å². The second-order valence-corrected chi connectivity index (χ2v) is 7.54. The van der Waals surface area contributed by atoms with E-state index in [4.69, 9.17) is 4.74 Å². The lowest BCUT2D eigenvalue weighted by Crippen LogP contribution is -2.35. The van der Waals surface area contributed by atoms with Crippen molar-refractivity contribution in [2.75, 3.05) is 24.3 Å². The average Bonchev–Trinajstić information content (AvgIpc) is 2.78. The van der Waals surface area contributed by atoms with Crippen molar-refractivity contribution in [1.29, 1.82) is 0 Å². The molecule has 0 saturated carbocycles. The molecule has 0 radical (unpaired) electrons. The minimum Gasteiger partial charge on any atom is -0.481 e. The van der Waals surface area contributed by atoms with Gasteiger partial charge in [0.15, 0.2) is 17.7 Å². The van der Waals surface area contributed by atoms with E-state index in [0.717, 1.165) is 53.6 Å². The largest absolute Gasteiger partial charge is 0.481 e. The highest BCUT2D eigenvalue weighted by Gasteiger charge is 2.10. The van der Waals surface area contributed by atoms with Crippen LogP contribution in [0.5, 0.6) is 5.75 Å². The number of alkyl halides is 1.